The van der Waals surface area contributed by atoms with Gasteiger partial charge in [0.1, 0.15) is 0 Å². The highest BCUT2D eigenvalue weighted by atomic mass is 16.5. The fraction of sp³-hybridized carbons (Fsp3) is 0.909. The second-order valence-electron chi connectivity index (χ2n) is 4.44. The molecule has 0 saturated carbocycles. The van der Waals surface area contributed by atoms with E-state index in [-0.39, 0.29) is 11.4 Å². The lowest BCUT2D eigenvalue weighted by atomic mass is 9.95. The van der Waals surface area contributed by atoms with Crippen LogP contribution in [0.2, 0.25) is 0 Å². The number of carbonyl (C=O) groups is 1. The van der Waals surface area contributed by atoms with Crippen LogP contribution in [0, 0.1) is 0 Å². The lowest BCUT2D eigenvalue weighted by molar-refractivity contribution is -0.123. The summed E-state index contributed by atoms with van der Waals surface area (Å²) in [5.41, 5.74) is -0.163. The Balaban J connectivity index is 2.23. The van der Waals surface area contributed by atoms with Crippen LogP contribution in [0.15, 0.2) is 0 Å². The quantitative estimate of drug-likeness (QED) is 0.661. The van der Waals surface area contributed by atoms with E-state index in [4.69, 9.17) is 4.74 Å². The summed E-state index contributed by atoms with van der Waals surface area (Å²) in [5.74, 6) is 0.0662. The summed E-state index contributed by atoms with van der Waals surface area (Å²) in [6, 6.07) is 0. The molecule has 0 radical (unpaired) electrons. The van der Waals surface area contributed by atoms with Gasteiger partial charge in [-0.05, 0) is 32.7 Å². The second-order valence-corrected chi connectivity index (χ2v) is 4.44. The standard InChI is InChI=1S/C11H22N2O2/c1-3-6-12-8-10(14)13-11(2)5-4-7-15-9-11/h12H,3-9H2,1-2H3,(H,13,14). The van der Waals surface area contributed by atoms with E-state index in [1.807, 2.05) is 6.92 Å². The largest absolute Gasteiger partial charge is 0.379 e. The van der Waals surface area contributed by atoms with Crippen LogP contribution in [0.5, 0.6) is 0 Å². The lowest BCUT2D eigenvalue weighted by Crippen LogP contribution is -2.53. The molecule has 1 heterocycles. The molecule has 0 bridgehead atoms. The molecule has 0 spiro atoms. The van der Waals surface area contributed by atoms with Crippen molar-refractivity contribution in [3.05, 3.63) is 0 Å². The Morgan fingerprint density at radius 3 is 2.93 bits per heavy atom. The molecule has 4 nitrogen and oxygen atoms in total. The van der Waals surface area contributed by atoms with Crippen molar-refractivity contribution < 1.29 is 9.53 Å². The molecular formula is C11H22N2O2. The first-order valence-electron chi connectivity index (χ1n) is 5.76. The van der Waals surface area contributed by atoms with Gasteiger partial charge in [-0.3, -0.25) is 4.79 Å². The molecule has 1 rings (SSSR count). The molecule has 0 aromatic heterocycles. The number of nitrogens with one attached hydrogen (secondary N) is 2. The maximum absolute atomic E-state index is 11.6. The maximum Gasteiger partial charge on any atom is 0.234 e. The minimum absolute atomic E-state index is 0.0662. The molecule has 0 aromatic rings. The Kier molecular flexibility index (Phi) is 5.05. The van der Waals surface area contributed by atoms with Gasteiger partial charge in [0.05, 0.1) is 18.7 Å². The average molecular weight is 214 g/mol. The van der Waals surface area contributed by atoms with Crippen molar-refractivity contribution in [1.29, 1.82) is 0 Å². The number of amides is 1. The van der Waals surface area contributed by atoms with Crippen molar-refractivity contribution in [3.63, 3.8) is 0 Å². The summed E-state index contributed by atoms with van der Waals surface area (Å²) in [6.07, 6.45) is 3.08. The number of rotatable bonds is 5. The Morgan fingerprint density at radius 2 is 2.33 bits per heavy atom. The van der Waals surface area contributed by atoms with Crippen LogP contribution in [0.4, 0.5) is 0 Å². The molecule has 1 fully saturated rings. The highest BCUT2D eigenvalue weighted by Gasteiger charge is 2.28. The van der Waals surface area contributed by atoms with Gasteiger partial charge in [-0.1, -0.05) is 6.92 Å². The number of hydrogen-bond acceptors (Lipinski definition) is 3. The van der Waals surface area contributed by atoms with E-state index in [1.54, 1.807) is 0 Å². The smallest absolute Gasteiger partial charge is 0.234 e. The molecule has 1 aliphatic heterocycles. The van der Waals surface area contributed by atoms with E-state index in [2.05, 4.69) is 17.6 Å². The zero-order chi connectivity index (χ0) is 11.1. The van der Waals surface area contributed by atoms with E-state index >= 15 is 0 Å². The highest BCUT2D eigenvalue weighted by Crippen LogP contribution is 2.17. The molecule has 4 heteroatoms. The van der Waals surface area contributed by atoms with E-state index in [9.17, 15) is 4.79 Å². The van der Waals surface area contributed by atoms with Gasteiger partial charge in [0.15, 0.2) is 0 Å². The SMILES string of the molecule is CCCNCC(=O)NC1(C)CCCOC1. The first kappa shape index (κ1) is 12.5. The van der Waals surface area contributed by atoms with Crippen molar-refractivity contribution in [3.8, 4) is 0 Å². The van der Waals surface area contributed by atoms with Crippen LogP contribution < -0.4 is 10.6 Å². The van der Waals surface area contributed by atoms with Crippen molar-refractivity contribution in [2.24, 2.45) is 0 Å². The molecule has 1 unspecified atom stereocenters. The number of ether oxygens (including phenoxy) is 1. The molecule has 2 N–H and O–H groups in total. The predicted octanol–water partition coefficient (Wildman–Crippen LogP) is 0.671. The first-order valence-corrected chi connectivity index (χ1v) is 5.76. The first-order chi connectivity index (χ1) is 7.16. The minimum atomic E-state index is -0.163. The van der Waals surface area contributed by atoms with Crippen LogP contribution in [-0.2, 0) is 9.53 Å². The zero-order valence-electron chi connectivity index (χ0n) is 9.77. The van der Waals surface area contributed by atoms with Gasteiger partial charge in [-0.25, -0.2) is 0 Å². The van der Waals surface area contributed by atoms with Gasteiger partial charge < -0.3 is 15.4 Å². The third kappa shape index (κ3) is 4.62. The van der Waals surface area contributed by atoms with Crippen molar-refractivity contribution in [2.75, 3.05) is 26.3 Å². The zero-order valence-corrected chi connectivity index (χ0v) is 9.77. The third-order valence-corrected chi connectivity index (χ3v) is 2.59. The van der Waals surface area contributed by atoms with E-state index in [0.717, 1.165) is 32.4 Å². The predicted molar refractivity (Wildman–Crippen MR) is 59.8 cm³/mol. The molecule has 0 aromatic carbocycles. The molecular weight excluding hydrogens is 192 g/mol. The Morgan fingerprint density at radius 1 is 1.53 bits per heavy atom. The van der Waals surface area contributed by atoms with Gasteiger partial charge in [0, 0.05) is 6.61 Å². The Bertz CT molecular complexity index is 201. The van der Waals surface area contributed by atoms with Gasteiger partial charge in [-0.15, -0.1) is 0 Å². The number of hydrogen-bond donors (Lipinski definition) is 2. The second kappa shape index (κ2) is 6.08. The number of carbonyl (C=O) groups excluding carboxylic acids is 1. The highest BCUT2D eigenvalue weighted by molar-refractivity contribution is 5.78. The molecule has 1 amide bonds. The van der Waals surface area contributed by atoms with E-state index in [0.29, 0.717) is 13.2 Å². The third-order valence-electron chi connectivity index (χ3n) is 2.59. The van der Waals surface area contributed by atoms with E-state index < -0.39 is 0 Å². The monoisotopic (exact) mass is 214 g/mol. The van der Waals surface area contributed by atoms with Gasteiger partial charge >= 0.3 is 0 Å². The topological polar surface area (TPSA) is 50.4 Å². The molecule has 1 atom stereocenters. The fourth-order valence-corrected chi connectivity index (χ4v) is 1.79. The van der Waals surface area contributed by atoms with Gasteiger partial charge in [-0.2, -0.15) is 0 Å². The van der Waals surface area contributed by atoms with Crippen molar-refractivity contribution in [1.82, 2.24) is 10.6 Å². The van der Waals surface area contributed by atoms with Crippen molar-refractivity contribution in [2.45, 2.75) is 38.6 Å². The van der Waals surface area contributed by atoms with Crippen LogP contribution >= 0.6 is 0 Å². The van der Waals surface area contributed by atoms with Crippen molar-refractivity contribution >= 4 is 5.91 Å². The molecule has 15 heavy (non-hydrogen) atoms. The van der Waals surface area contributed by atoms with E-state index in [1.165, 1.54) is 0 Å². The van der Waals surface area contributed by atoms with Gasteiger partial charge in [0.2, 0.25) is 5.91 Å². The summed E-state index contributed by atoms with van der Waals surface area (Å²) in [4.78, 5) is 11.6. The fourth-order valence-electron chi connectivity index (χ4n) is 1.79. The lowest BCUT2D eigenvalue weighted by Gasteiger charge is -2.34. The van der Waals surface area contributed by atoms with Crippen LogP contribution in [0.1, 0.15) is 33.1 Å². The minimum Gasteiger partial charge on any atom is -0.379 e. The summed E-state index contributed by atoms with van der Waals surface area (Å²) in [6.45, 7) is 6.88. The summed E-state index contributed by atoms with van der Waals surface area (Å²) < 4.78 is 5.38. The summed E-state index contributed by atoms with van der Waals surface area (Å²) >= 11 is 0. The molecule has 1 saturated heterocycles. The average Bonchev–Trinajstić information content (AvgIpc) is 2.18. The molecule has 88 valence electrons. The van der Waals surface area contributed by atoms with Crippen LogP contribution in [0.3, 0.4) is 0 Å². The maximum atomic E-state index is 11.6. The summed E-state index contributed by atoms with van der Waals surface area (Å²) in [7, 11) is 0. The molecule has 1 aliphatic rings. The van der Waals surface area contributed by atoms with Crippen LogP contribution in [-0.4, -0.2) is 37.7 Å². The van der Waals surface area contributed by atoms with Crippen LogP contribution in [0.25, 0.3) is 0 Å². The summed E-state index contributed by atoms with van der Waals surface area (Å²) in [5, 5.41) is 6.12. The normalized spacial score (nSPS) is 26.3. The Labute approximate surface area is 91.8 Å². The van der Waals surface area contributed by atoms with Gasteiger partial charge in [0.25, 0.3) is 0 Å². The Hall–Kier alpha value is -0.610. The molecule has 0 aliphatic carbocycles.